The quantitative estimate of drug-likeness (QED) is 0.0968. The van der Waals surface area contributed by atoms with E-state index in [0.29, 0.717) is 46.4 Å². The molecule has 0 aliphatic carbocycles. The number of ether oxygens (including phenoxy) is 3. The molecular formula is C30H30INO4S2. The van der Waals surface area contributed by atoms with E-state index in [1.165, 1.54) is 17.3 Å². The molecule has 4 rings (SSSR count). The van der Waals surface area contributed by atoms with Gasteiger partial charge in [-0.1, -0.05) is 80.3 Å². The van der Waals surface area contributed by atoms with Crippen molar-refractivity contribution in [3.05, 3.63) is 91.4 Å². The molecule has 1 amide bonds. The van der Waals surface area contributed by atoms with E-state index < -0.39 is 0 Å². The summed E-state index contributed by atoms with van der Waals surface area (Å²) in [7, 11) is 1.61. The van der Waals surface area contributed by atoms with Crippen molar-refractivity contribution in [2.24, 2.45) is 0 Å². The molecule has 3 aromatic carbocycles. The number of thioether (sulfide) groups is 1. The second-order valence-corrected chi connectivity index (χ2v) is 12.0. The Kier molecular flexibility index (Phi) is 9.73. The largest absolute Gasteiger partial charge is 0.493 e. The highest BCUT2D eigenvalue weighted by Crippen LogP contribution is 2.38. The molecule has 198 valence electrons. The highest BCUT2D eigenvalue weighted by molar-refractivity contribution is 14.1. The molecular weight excluding hydrogens is 629 g/mol. The maximum absolute atomic E-state index is 13.1. The Morgan fingerprint density at radius 1 is 1.03 bits per heavy atom. The lowest BCUT2D eigenvalue weighted by Crippen LogP contribution is -2.27. The molecule has 0 radical (unpaired) electrons. The Hall–Kier alpha value is -2.56. The molecule has 1 saturated heterocycles. The van der Waals surface area contributed by atoms with E-state index in [0.717, 1.165) is 26.0 Å². The van der Waals surface area contributed by atoms with Gasteiger partial charge >= 0.3 is 0 Å². The first-order valence-electron chi connectivity index (χ1n) is 12.3. The van der Waals surface area contributed by atoms with Crippen LogP contribution < -0.4 is 14.2 Å². The highest BCUT2D eigenvalue weighted by Gasteiger charge is 2.32. The Morgan fingerprint density at radius 2 is 1.76 bits per heavy atom. The van der Waals surface area contributed by atoms with Crippen molar-refractivity contribution in [2.75, 3.05) is 20.3 Å². The summed E-state index contributed by atoms with van der Waals surface area (Å²) in [5.41, 5.74) is 4.22. The average Bonchev–Trinajstić information content (AvgIpc) is 3.15. The number of rotatable bonds is 10. The standard InChI is InChI=1S/C30H30INO4S2/c1-19(2)23-11-10-20(3)14-25(23)35-12-13-36-28-24(31)15-22(16-26(28)34-4)17-27-29(33)32(30(37)38-27)18-21-8-6-5-7-9-21/h5-11,14-17,19H,12-13,18H2,1-4H3/b27-17-. The number of hydrogen-bond acceptors (Lipinski definition) is 6. The maximum Gasteiger partial charge on any atom is 0.266 e. The SMILES string of the molecule is COc1cc(/C=C2\SC(=S)N(Cc3ccccc3)C2=O)cc(I)c1OCCOc1cc(C)ccc1C(C)C. The van der Waals surface area contributed by atoms with Crippen molar-refractivity contribution < 1.29 is 19.0 Å². The first-order valence-corrected chi connectivity index (χ1v) is 14.6. The molecule has 1 aliphatic heterocycles. The number of methoxy groups -OCH3 is 1. The van der Waals surface area contributed by atoms with Crippen molar-refractivity contribution in [3.8, 4) is 17.2 Å². The summed E-state index contributed by atoms with van der Waals surface area (Å²) in [5.74, 6) is 2.43. The van der Waals surface area contributed by atoms with Crippen LogP contribution in [0.5, 0.6) is 17.2 Å². The predicted molar refractivity (Wildman–Crippen MR) is 167 cm³/mol. The Morgan fingerprint density at radius 3 is 2.47 bits per heavy atom. The third-order valence-corrected chi connectivity index (χ3v) is 8.16. The second-order valence-electron chi connectivity index (χ2n) is 9.18. The van der Waals surface area contributed by atoms with E-state index in [1.807, 2.05) is 48.5 Å². The number of hydrogen-bond donors (Lipinski definition) is 0. The van der Waals surface area contributed by atoms with Gasteiger partial charge in [0.25, 0.3) is 5.91 Å². The van der Waals surface area contributed by atoms with E-state index in [2.05, 4.69) is 61.6 Å². The molecule has 0 saturated carbocycles. The maximum atomic E-state index is 13.1. The minimum absolute atomic E-state index is 0.0905. The lowest BCUT2D eigenvalue weighted by atomic mass is 10.0. The van der Waals surface area contributed by atoms with E-state index in [-0.39, 0.29) is 5.91 Å². The van der Waals surface area contributed by atoms with Crippen LogP contribution in [0.4, 0.5) is 0 Å². The molecule has 5 nitrogen and oxygen atoms in total. The van der Waals surface area contributed by atoms with Crippen LogP contribution in [0.25, 0.3) is 6.08 Å². The summed E-state index contributed by atoms with van der Waals surface area (Å²) in [6.45, 7) is 7.61. The van der Waals surface area contributed by atoms with Crippen molar-refractivity contribution in [3.63, 3.8) is 0 Å². The predicted octanol–water partition coefficient (Wildman–Crippen LogP) is 7.59. The summed E-state index contributed by atoms with van der Waals surface area (Å²) in [6.07, 6.45) is 1.85. The van der Waals surface area contributed by atoms with Crippen LogP contribution in [-0.2, 0) is 11.3 Å². The molecule has 1 heterocycles. The van der Waals surface area contributed by atoms with Gasteiger partial charge in [0.1, 0.15) is 23.3 Å². The minimum Gasteiger partial charge on any atom is -0.493 e. The van der Waals surface area contributed by atoms with Crippen LogP contribution in [0, 0.1) is 10.5 Å². The van der Waals surface area contributed by atoms with Crippen LogP contribution >= 0.6 is 46.6 Å². The third kappa shape index (κ3) is 6.90. The highest BCUT2D eigenvalue weighted by atomic mass is 127. The molecule has 0 N–H and O–H groups in total. The van der Waals surface area contributed by atoms with Crippen LogP contribution in [0.15, 0.2) is 65.6 Å². The molecule has 3 aromatic rings. The molecule has 38 heavy (non-hydrogen) atoms. The van der Waals surface area contributed by atoms with Crippen molar-refractivity contribution in [2.45, 2.75) is 33.2 Å². The first kappa shape index (κ1) is 28.4. The van der Waals surface area contributed by atoms with Gasteiger partial charge in [0.2, 0.25) is 0 Å². The first-order chi connectivity index (χ1) is 18.3. The van der Waals surface area contributed by atoms with E-state index >= 15 is 0 Å². The summed E-state index contributed by atoms with van der Waals surface area (Å²) in [6, 6.07) is 20.0. The molecule has 0 aromatic heterocycles. The summed E-state index contributed by atoms with van der Waals surface area (Å²) >= 11 is 9.04. The zero-order valence-electron chi connectivity index (χ0n) is 21.8. The third-order valence-electron chi connectivity index (χ3n) is 5.99. The Labute approximate surface area is 247 Å². The number of aryl methyl sites for hydroxylation is 1. The summed E-state index contributed by atoms with van der Waals surface area (Å²) in [4.78, 5) is 15.3. The fourth-order valence-electron chi connectivity index (χ4n) is 4.06. The number of benzene rings is 3. The van der Waals surface area contributed by atoms with E-state index in [4.69, 9.17) is 26.4 Å². The fourth-order valence-corrected chi connectivity index (χ4v) is 6.09. The van der Waals surface area contributed by atoms with Gasteiger partial charge in [-0.2, -0.15) is 0 Å². The normalized spacial score (nSPS) is 14.5. The van der Waals surface area contributed by atoms with Crippen molar-refractivity contribution >= 4 is 62.9 Å². The smallest absolute Gasteiger partial charge is 0.266 e. The van der Waals surface area contributed by atoms with Gasteiger partial charge in [0, 0.05) is 0 Å². The minimum atomic E-state index is -0.0905. The lowest BCUT2D eigenvalue weighted by molar-refractivity contribution is -0.122. The monoisotopic (exact) mass is 659 g/mol. The number of carbonyl (C=O) groups excluding carboxylic acids is 1. The van der Waals surface area contributed by atoms with Gasteiger partial charge in [-0.05, 0) is 82.0 Å². The summed E-state index contributed by atoms with van der Waals surface area (Å²) in [5, 5.41) is 0. The molecule has 0 atom stereocenters. The number of nitrogens with zero attached hydrogens (tertiary/aromatic N) is 1. The van der Waals surface area contributed by atoms with E-state index in [9.17, 15) is 4.79 Å². The summed E-state index contributed by atoms with van der Waals surface area (Å²) < 4.78 is 19.2. The number of thiocarbonyl (C=S) groups is 1. The topological polar surface area (TPSA) is 48.0 Å². The van der Waals surface area contributed by atoms with Crippen molar-refractivity contribution in [1.82, 2.24) is 4.90 Å². The second kappa shape index (κ2) is 13.0. The van der Waals surface area contributed by atoms with Gasteiger partial charge < -0.3 is 14.2 Å². The van der Waals surface area contributed by atoms with Crippen LogP contribution in [0.3, 0.4) is 0 Å². The van der Waals surface area contributed by atoms with E-state index in [1.54, 1.807) is 12.0 Å². The van der Waals surface area contributed by atoms with Gasteiger partial charge in [0.05, 0.1) is 22.1 Å². The van der Waals surface area contributed by atoms with Gasteiger partial charge in [-0.15, -0.1) is 0 Å². The Balaban J connectivity index is 1.43. The molecule has 0 bridgehead atoms. The average molecular weight is 660 g/mol. The lowest BCUT2D eigenvalue weighted by Gasteiger charge is -2.17. The fraction of sp³-hybridized carbons (Fsp3) is 0.267. The van der Waals surface area contributed by atoms with Gasteiger partial charge in [-0.3, -0.25) is 9.69 Å². The van der Waals surface area contributed by atoms with Gasteiger partial charge in [-0.25, -0.2) is 0 Å². The van der Waals surface area contributed by atoms with Crippen LogP contribution in [-0.4, -0.2) is 35.5 Å². The number of halogens is 1. The molecule has 1 fully saturated rings. The van der Waals surface area contributed by atoms with Gasteiger partial charge in [0.15, 0.2) is 11.5 Å². The molecule has 1 aliphatic rings. The molecule has 0 unspecified atom stereocenters. The zero-order chi connectivity index (χ0) is 27.2. The Bertz CT molecular complexity index is 1360. The number of amides is 1. The van der Waals surface area contributed by atoms with Crippen molar-refractivity contribution in [1.29, 1.82) is 0 Å². The zero-order valence-corrected chi connectivity index (χ0v) is 25.6. The molecule has 8 heteroatoms. The molecule has 0 spiro atoms. The van der Waals surface area contributed by atoms with Crippen LogP contribution in [0.1, 0.15) is 42.0 Å². The van der Waals surface area contributed by atoms with Crippen LogP contribution in [0.2, 0.25) is 0 Å². The number of carbonyl (C=O) groups is 1.